The summed E-state index contributed by atoms with van der Waals surface area (Å²) < 4.78 is 0. The zero-order valence-corrected chi connectivity index (χ0v) is 47.6. The van der Waals surface area contributed by atoms with Crippen LogP contribution in [0, 0.1) is 83.1 Å². The molecule has 0 aliphatic carbocycles. The van der Waals surface area contributed by atoms with Crippen LogP contribution in [0.25, 0.3) is 111 Å². The standard InChI is InChI=1S/C78H70/c1-47-39-51(5)69(52(6)40-47)61-23-31-65(32-24-61)75-73(59-19-15-13-16-20-59)77(67-35-27-63(28-36-67)71-55(9)43-49(3)44-56(71)10)78(68-37-29-64(30-38-68)72-57(11)45-50(4)46-58(72)12)74(60-21-17-14-18-22-60)76(75)66-33-25-62(26-34-66)70-53(7)41-48(2)42-54(70)8/h13-46H,1-12H3. The lowest BCUT2D eigenvalue weighted by Gasteiger charge is -2.29. The average Bonchev–Trinajstić information content (AvgIpc) is 3.49. The van der Waals surface area contributed by atoms with E-state index < -0.39 is 0 Å². The van der Waals surface area contributed by atoms with E-state index in [2.05, 4.69) is 289 Å². The molecule has 382 valence electrons. The van der Waals surface area contributed by atoms with Gasteiger partial charge in [0.2, 0.25) is 0 Å². The van der Waals surface area contributed by atoms with Gasteiger partial charge in [0.05, 0.1) is 0 Å². The van der Waals surface area contributed by atoms with Crippen LogP contribution in [0.2, 0.25) is 0 Å². The molecule has 0 aromatic heterocycles. The molecule has 0 saturated heterocycles. The van der Waals surface area contributed by atoms with E-state index in [1.165, 1.54) is 156 Å². The maximum absolute atomic E-state index is 2.39. The van der Waals surface area contributed by atoms with E-state index in [0.29, 0.717) is 0 Å². The van der Waals surface area contributed by atoms with Gasteiger partial charge in [-0.25, -0.2) is 0 Å². The third-order valence-corrected chi connectivity index (χ3v) is 16.2. The Morgan fingerprint density at radius 1 is 0.141 bits per heavy atom. The molecule has 0 radical (unpaired) electrons. The number of aryl methyl sites for hydroxylation is 12. The van der Waals surface area contributed by atoms with Crippen LogP contribution in [0.15, 0.2) is 206 Å². The molecule has 0 nitrogen and oxygen atoms in total. The van der Waals surface area contributed by atoms with E-state index in [1.54, 1.807) is 0 Å². The van der Waals surface area contributed by atoms with Crippen LogP contribution >= 0.6 is 0 Å². The molecule has 0 aliphatic heterocycles. The molecule has 11 rings (SSSR count). The lowest BCUT2D eigenvalue weighted by molar-refractivity contribution is 1.32. The van der Waals surface area contributed by atoms with E-state index in [-0.39, 0.29) is 0 Å². The summed E-state index contributed by atoms with van der Waals surface area (Å²) in [5.74, 6) is 0. The predicted molar refractivity (Wildman–Crippen MR) is 338 cm³/mol. The maximum Gasteiger partial charge on any atom is -0.00139 e. The molecule has 0 fully saturated rings. The van der Waals surface area contributed by atoms with E-state index in [9.17, 15) is 0 Å². The third kappa shape index (κ3) is 9.67. The van der Waals surface area contributed by atoms with Crippen LogP contribution < -0.4 is 0 Å². The number of benzene rings is 11. The van der Waals surface area contributed by atoms with E-state index >= 15 is 0 Å². The normalized spacial score (nSPS) is 11.3. The number of hydrogen-bond acceptors (Lipinski definition) is 0. The van der Waals surface area contributed by atoms with Gasteiger partial charge in [-0.2, -0.15) is 0 Å². The summed E-state index contributed by atoms with van der Waals surface area (Å²) in [7, 11) is 0. The second-order valence-corrected chi connectivity index (χ2v) is 22.4. The Balaban J connectivity index is 1.30. The Hall–Kier alpha value is -8.58. The van der Waals surface area contributed by atoms with Gasteiger partial charge in [-0.1, -0.05) is 229 Å². The summed E-state index contributed by atoms with van der Waals surface area (Å²) in [5.41, 5.74) is 39.8. The van der Waals surface area contributed by atoms with Crippen molar-refractivity contribution >= 4 is 0 Å². The molecule has 0 heteroatoms. The molecule has 0 aliphatic rings. The Labute approximate surface area is 464 Å². The highest BCUT2D eigenvalue weighted by Crippen LogP contribution is 2.56. The largest absolute Gasteiger partial charge is 0.0622 e. The zero-order valence-electron chi connectivity index (χ0n) is 47.6. The summed E-state index contributed by atoms with van der Waals surface area (Å²) in [5, 5.41) is 0. The van der Waals surface area contributed by atoms with E-state index in [4.69, 9.17) is 0 Å². The van der Waals surface area contributed by atoms with E-state index in [1.807, 2.05) is 0 Å². The minimum atomic E-state index is 1.16. The van der Waals surface area contributed by atoms with Gasteiger partial charge in [0.25, 0.3) is 0 Å². The van der Waals surface area contributed by atoms with Gasteiger partial charge >= 0.3 is 0 Å². The van der Waals surface area contributed by atoms with Gasteiger partial charge in [-0.15, -0.1) is 0 Å². The first-order valence-electron chi connectivity index (χ1n) is 27.7. The highest BCUT2D eigenvalue weighted by Gasteiger charge is 2.30. The lowest BCUT2D eigenvalue weighted by Crippen LogP contribution is -2.02. The van der Waals surface area contributed by atoms with Crippen molar-refractivity contribution in [2.24, 2.45) is 0 Å². The molecular formula is C78H70. The molecular weight excluding hydrogens is 937 g/mol. The summed E-state index contributed by atoms with van der Waals surface area (Å²) in [6.07, 6.45) is 0. The molecule has 0 atom stereocenters. The monoisotopic (exact) mass is 1010 g/mol. The quantitative estimate of drug-likeness (QED) is 0.128. The van der Waals surface area contributed by atoms with Gasteiger partial charge in [-0.3, -0.25) is 0 Å². The Morgan fingerprint density at radius 2 is 0.269 bits per heavy atom. The Kier molecular flexibility index (Phi) is 13.9. The van der Waals surface area contributed by atoms with Crippen LogP contribution in [0.4, 0.5) is 0 Å². The minimum Gasteiger partial charge on any atom is -0.0622 e. The lowest BCUT2D eigenvalue weighted by atomic mass is 9.73. The first kappa shape index (κ1) is 51.5. The van der Waals surface area contributed by atoms with Crippen molar-refractivity contribution < 1.29 is 0 Å². The first-order chi connectivity index (χ1) is 37.6. The van der Waals surface area contributed by atoms with Crippen molar-refractivity contribution in [1.29, 1.82) is 0 Å². The van der Waals surface area contributed by atoms with Crippen LogP contribution in [0.1, 0.15) is 66.8 Å². The van der Waals surface area contributed by atoms with Crippen molar-refractivity contribution in [3.05, 3.63) is 273 Å². The molecule has 0 unspecified atom stereocenters. The first-order valence-corrected chi connectivity index (χ1v) is 27.7. The highest BCUT2D eigenvalue weighted by molar-refractivity contribution is 6.15. The van der Waals surface area contributed by atoms with Crippen LogP contribution in [0.5, 0.6) is 0 Å². The molecule has 0 N–H and O–H groups in total. The molecule has 78 heavy (non-hydrogen) atoms. The molecule has 11 aromatic rings. The van der Waals surface area contributed by atoms with Crippen molar-refractivity contribution in [3.8, 4) is 111 Å². The van der Waals surface area contributed by atoms with Gasteiger partial charge < -0.3 is 0 Å². The SMILES string of the molecule is Cc1cc(C)c(-c2ccc(-c3c(-c4ccccc4)c(-c4ccc(-c5c(C)cc(C)cc5C)cc4)c(-c4ccc(-c5c(C)cc(C)cc5C)cc4)c(-c4ccccc4)c3-c3ccc(-c4c(C)cc(C)cc4C)cc3)cc2)c(C)c1. The second-order valence-electron chi connectivity index (χ2n) is 22.4. The van der Waals surface area contributed by atoms with Crippen molar-refractivity contribution in [3.63, 3.8) is 0 Å². The fourth-order valence-electron chi connectivity index (χ4n) is 13.4. The summed E-state index contributed by atoms with van der Waals surface area (Å²) in [6, 6.07) is 78.8. The van der Waals surface area contributed by atoms with Crippen LogP contribution in [-0.2, 0) is 0 Å². The smallest absolute Gasteiger partial charge is 0.00139 e. The average molecular weight is 1010 g/mol. The van der Waals surface area contributed by atoms with Crippen molar-refractivity contribution in [2.45, 2.75) is 83.1 Å². The highest BCUT2D eigenvalue weighted by atomic mass is 14.3. The summed E-state index contributed by atoms with van der Waals surface area (Å²) in [4.78, 5) is 0. The van der Waals surface area contributed by atoms with Crippen LogP contribution in [-0.4, -0.2) is 0 Å². The summed E-state index contributed by atoms with van der Waals surface area (Å²) >= 11 is 0. The molecule has 0 heterocycles. The number of hydrogen-bond donors (Lipinski definition) is 0. The van der Waals surface area contributed by atoms with Crippen molar-refractivity contribution in [2.75, 3.05) is 0 Å². The maximum atomic E-state index is 2.39. The molecule has 0 amide bonds. The molecule has 0 saturated carbocycles. The van der Waals surface area contributed by atoms with Gasteiger partial charge in [0.15, 0.2) is 0 Å². The van der Waals surface area contributed by atoms with Gasteiger partial charge in [0, 0.05) is 0 Å². The second kappa shape index (κ2) is 21.1. The molecule has 11 aromatic carbocycles. The topological polar surface area (TPSA) is 0 Å². The minimum absolute atomic E-state index is 1.16. The van der Waals surface area contributed by atoms with Gasteiger partial charge in [-0.05, 0) is 239 Å². The van der Waals surface area contributed by atoms with Gasteiger partial charge in [0.1, 0.15) is 0 Å². The fraction of sp³-hybridized carbons (Fsp3) is 0.154. The molecule has 0 spiro atoms. The fourth-order valence-corrected chi connectivity index (χ4v) is 13.4. The summed E-state index contributed by atoms with van der Waals surface area (Å²) in [6.45, 7) is 26.8. The van der Waals surface area contributed by atoms with Crippen molar-refractivity contribution in [1.82, 2.24) is 0 Å². The molecule has 0 bridgehead atoms. The Bertz CT molecular complexity index is 3470. The zero-order chi connectivity index (χ0) is 54.5. The van der Waals surface area contributed by atoms with E-state index in [0.717, 1.165) is 22.3 Å². The van der Waals surface area contributed by atoms with Crippen LogP contribution in [0.3, 0.4) is 0 Å². The third-order valence-electron chi connectivity index (χ3n) is 16.2. The predicted octanol–water partition coefficient (Wildman–Crippen LogP) is 22.1. The Morgan fingerprint density at radius 3 is 0.423 bits per heavy atom. The number of rotatable bonds is 10.